The minimum atomic E-state index is -1.18. The molecule has 9 heteroatoms. The molecule has 30 heavy (non-hydrogen) atoms. The molecule has 0 saturated carbocycles. The first-order valence-corrected chi connectivity index (χ1v) is 10.8. The quantitative estimate of drug-likeness (QED) is 0.568. The second-order valence-corrected chi connectivity index (χ2v) is 7.82. The van der Waals surface area contributed by atoms with E-state index in [1.807, 2.05) is 30.3 Å². The number of fused-ring (bicyclic) bond motifs is 1. The number of carboxylic acid groups (broad SMARTS) is 1. The van der Waals surface area contributed by atoms with Crippen molar-refractivity contribution >= 4 is 33.4 Å². The Bertz CT molecular complexity index is 1080. The van der Waals surface area contributed by atoms with Gasteiger partial charge >= 0.3 is 5.97 Å². The van der Waals surface area contributed by atoms with Crippen molar-refractivity contribution in [3.63, 3.8) is 0 Å². The lowest BCUT2D eigenvalue weighted by Crippen LogP contribution is -2.30. The zero-order valence-corrected chi connectivity index (χ0v) is 17.5. The van der Waals surface area contributed by atoms with E-state index in [1.54, 1.807) is 37.6 Å². The molecule has 0 aliphatic carbocycles. The number of benzene rings is 2. The molecule has 0 unspecified atom stereocenters. The van der Waals surface area contributed by atoms with Crippen molar-refractivity contribution < 1.29 is 28.7 Å². The van der Waals surface area contributed by atoms with Crippen molar-refractivity contribution in [1.29, 1.82) is 0 Å². The molecule has 0 atom stereocenters. The monoisotopic (exact) mass is 430 g/mol. The normalized spacial score (nSPS) is 10.3. The van der Waals surface area contributed by atoms with E-state index in [0.717, 1.165) is 0 Å². The summed E-state index contributed by atoms with van der Waals surface area (Å²) in [5, 5.41) is 22.3. The number of ether oxygens (including phenoxy) is 1. The lowest BCUT2D eigenvalue weighted by Gasteiger charge is -2.12. The van der Waals surface area contributed by atoms with Gasteiger partial charge in [-0.05, 0) is 37.3 Å². The van der Waals surface area contributed by atoms with Gasteiger partial charge in [-0.3, -0.25) is 13.8 Å². The summed E-state index contributed by atoms with van der Waals surface area (Å²) in [5.41, 5.74) is 0.296. The minimum absolute atomic E-state index is 0.215. The SMILES string of the molecule is CS(C)=O.Cc1nc(C(=O)NCC(=O)O)c(O)c2ccc(Oc3ccccc3)cc12. The van der Waals surface area contributed by atoms with Crippen LogP contribution in [-0.4, -0.2) is 50.3 Å². The molecule has 0 aliphatic heterocycles. The molecule has 0 spiro atoms. The molecule has 1 amide bonds. The van der Waals surface area contributed by atoms with Crippen LogP contribution in [0.25, 0.3) is 10.8 Å². The maximum absolute atomic E-state index is 12.1. The van der Waals surface area contributed by atoms with Crippen molar-refractivity contribution in [2.24, 2.45) is 0 Å². The molecule has 158 valence electrons. The van der Waals surface area contributed by atoms with Crippen LogP contribution < -0.4 is 10.1 Å². The van der Waals surface area contributed by atoms with E-state index in [2.05, 4.69) is 10.3 Å². The fourth-order valence-electron chi connectivity index (χ4n) is 2.52. The molecule has 3 N–H and O–H groups in total. The van der Waals surface area contributed by atoms with Gasteiger partial charge in [0.25, 0.3) is 5.91 Å². The summed E-state index contributed by atoms with van der Waals surface area (Å²) in [6.45, 7) is 1.14. The highest BCUT2D eigenvalue weighted by molar-refractivity contribution is 7.83. The number of amides is 1. The largest absolute Gasteiger partial charge is 0.505 e. The van der Waals surface area contributed by atoms with Crippen molar-refractivity contribution in [2.45, 2.75) is 6.92 Å². The number of nitrogens with one attached hydrogen (secondary N) is 1. The molecule has 8 nitrogen and oxygen atoms in total. The molecule has 1 aromatic heterocycles. The van der Waals surface area contributed by atoms with Crippen LogP contribution in [0.2, 0.25) is 0 Å². The summed E-state index contributed by atoms with van der Waals surface area (Å²) in [4.78, 5) is 26.7. The molecule has 0 bridgehead atoms. The number of aromatic hydroxyl groups is 1. The van der Waals surface area contributed by atoms with Gasteiger partial charge in [-0.15, -0.1) is 0 Å². The maximum Gasteiger partial charge on any atom is 0.322 e. The number of aromatic nitrogens is 1. The number of carbonyl (C=O) groups is 2. The highest BCUT2D eigenvalue weighted by Crippen LogP contribution is 2.33. The number of hydrogen-bond donors (Lipinski definition) is 3. The van der Waals surface area contributed by atoms with E-state index in [1.165, 1.54) is 0 Å². The van der Waals surface area contributed by atoms with Crippen LogP contribution in [0.3, 0.4) is 0 Å². The zero-order valence-electron chi connectivity index (χ0n) is 16.7. The van der Waals surface area contributed by atoms with Crippen LogP contribution in [0.4, 0.5) is 0 Å². The Morgan fingerprint density at radius 1 is 1.07 bits per heavy atom. The third-order valence-corrected chi connectivity index (χ3v) is 3.73. The molecule has 0 saturated heterocycles. The van der Waals surface area contributed by atoms with E-state index in [0.29, 0.717) is 28.0 Å². The van der Waals surface area contributed by atoms with Crippen molar-refractivity contribution in [3.05, 3.63) is 59.9 Å². The first-order valence-electron chi connectivity index (χ1n) is 8.80. The van der Waals surface area contributed by atoms with Gasteiger partial charge in [-0.25, -0.2) is 4.98 Å². The van der Waals surface area contributed by atoms with Gasteiger partial charge in [-0.2, -0.15) is 0 Å². The number of aliphatic carboxylic acids is 1. The Kier molecular flexibility index (Phi) is 7.88. The number of aryl methyl sites for hydroxylation is 1. The Balaban J connectivity index is 0.000000735. The maximum atomic E-state index is 12.1. The first kappa shape index (κ1) is 22.8. The Morgan fingerprint density at radius 2 is 1.70 bits per heavy atom. The van der Waals surface area contributed by atoms with Crippen molar-refractivity contribution in [2.75, 3.05) is 19.1 Å². The summed E-state index contributed by atoms with van der Waals surface area (Å²) in [7, 11) is -0.611. The van der Waals surface area contributed by atoms with Gasteiger partial charge in [0.1, 0.15) is 18.0 Å². The fraction of sp³-hybridized carbons (Fsp3) is 0.190. The van der Waals surface area contributed by atoms with Crippen LogP contribution in [0.15, 0.2) is 48.5 Å². The molecule has 3 aromatic rings. The molecular weight excluding hydrogens is 408 g/mol. The van der Waals surface area contributed by atoms with Gasteiger partial charge in [-0.1, -0.05) is 18.2 Å². The van der Waals surface area contributed by atoms with Crippen LogP contribution >= 0.6 is 0 Å². The average Bonchev–Trinajstić information content (AvgIpc) is 2.69. The molecule has 0 aliphatic rings. The number of para-hydroxylation sites is 1. The predicted octanol–water partition coefficient (Wildman–Crippen LogP) is 2.85. The van der Waals surface area contributed by atoms with Gasteiger partial charge < -0.3 is 20.3 Å². The highest BCUT2D eigenvalue weighted by atomic mass is 32.2. The van der Waals surface area contributed by atoms with Crippen molar-refractivity contribution in [1.82, 2.24) is 10.3 Å². The summed E-state index contributed by atoms with van der Waals surface area (Å²) in [6, 6.07) is 14.3. The average molecular weight is 430 g/mol. The molecule has 3 rings (SSSR count). The third-order valence-electron chi connectivity index (χ3n) is 3.73. The molecule has 2 aromatic carbocycles. The predicted molar refractivity (Wildman–Crippen MR) is 115 cm³/mol. The van der Waals surface area contributed by atoms with Gasteiger partial charge in [0.05, 0.1) is 0 Å². The van der Waals surface area contributed by atoms with Gasteiger partial charge in [0.2, 0.25) is 0 Å². The van der Waals surface area contributed by atoms with E-state index in [9.17, 15) is 18.9 Å². The van der Waals surface area contributed by atoms with Crippen LogP contribution in [0, 0.1) is 6.92 Å². The lowest BCUT2D eigenvalue weighted by molar-refractivity contribution is -0.135. The molecule has 1 heterocycles. The molecule has 0 radical (unpaired) electrons. The van der Waals surface area contributed by atoms with E-state index in [4.69, 9.17) is 9.84 Å². The number of pyridine rings is 1. The van der Waals surface area contributed by atoms with Crippen LogP contribution in [0.1, 0.15) is 16.2 Å². The second-order valence-electron chi connectivity index (χ2n) is 6.33. The Hall–Kier alpha value is -3.46. The summed E-state index contributed by atoms with van der Waals surface area (Å²) < 4.78 is 15.3. The Labute approximate surface area is 176 Å². The summed E-state index contributed by atoms with van der Waals surface area (Å²) in [6.07, 6.45) is 3.28. The van der Waals surface area contributed by atoms with Gasteiger partial charge in [0.15, 0.2) is 11.4 Å². The van der Waals surface area contributed by atoms with E-state index < -0.39 is 29.2 Å². The zero-order chi connectivity index (χ0) is 22.3. The van der Waals surface area contributed by atoms with Crippen LogP contribution in [-0.2, 0) is 15.6 Å². The number of carboxylic acids is 1. The van der Waals surface area contributed by atoms with Crippen LogP contribution in [0.5, 0.6) is 17.2 Å². The molecular formula is C21H22N2O6S. The number of nitrogens with zero attached hydrogens (tertiary/aromatic N) is 1. The second kappa shape index (κ2) is 10.4. The lowest BCUT2D eigenvalue weighted by atomic mass is 10.1. The third kappa shape index (κ3) is 6.28. The number of carbonyl (C=O) groups excluding carboxylic acids is 1. The smallest absolute Gasteiger partial charge is 0.322 e. The fourth-order valence-corrected chi connectivity index (χ4v) is 2.52. The number of rotatable bonds is 5. The first-order chi connectivity index (χ1) is 14.2. The topological polar surface area (TPSA) is 126 Å². The Morgan fingerprint density at radius 3 is 2.30 bits per heavy atom. The summed E-state index contributed by atoms with van der Waals surface area (Å²) >= 11 is 0. The van der Waals surface area contributed by atoms with Crippen molar-refractivity contribution in [3.8, 4) is 17.2 Å². The van der Waals surface area contributed by atoms with E-state index >= 15 is 0 Å². The minimum Gasteiger partial charge on any atom is -0.505 e. The summed E-state index contributed by atoms with van der Waals surface area (Å²) in [5.74, 6) is -1.00. The van der Waals surface area contributed by atoms with E-state index in [-0.39, 0.29) is 11.4 Å². The number of hydrogen-bond acceptors (Lipinski definition) is 6. The standard InChI is InChI=1S/C19H16N2O5.C2H6OS/c1-11-15-9-13(26-12-5-3-2-4-6-12)7-8-14(15)18(24)17(21-11)19(25)20-10-16(22)23;1-4(2)3/h2-9,24H,10H2,1H3,(H,20,25)(H,22,23);1-2H3. The highest BCUT2D eigenvalue weighted by Gasteiger charge is 2.18. The molecule has 0 fully saturated rings. The van der Waals surface area contributed by atoms with Gasteiger partial charge in [0, 0.05) is 39.8 Å².